The Kier molecular flexibility index (Phi) is 4.21. The van der Waals surface area contributed by atoms with Gasteiger partial charge in [-0.2, -0.15) is 0 Å². The summed E-state index contributed by atoms with van der Waals surface area (Å²) in [5.74, 6) is 0. The molecule has 0 aliphatic carbocycles. The SMILES string of the molecule is CCc1ncc(CNc2ccc(S(C)(=O)=O)cc2)s1. The topological polar surface area (TPSA) is 59.1 Å². The van der Waals surface area contributed by atoms with Crippen LogP contribution in [0.1, 0.15) is 16.8 Å². The third-order valence-corrected chi connectivity index (χ3v) is 4.92. The molecular formula is C13H16N2O2S2. The smallest absolute Gasteiger partial charge is 0.175 e. The van der Waals surface area contributed by atoms with Crippen LogP contribution in [0.3, 0.4) is 0 Å². The largest absolute Gasteiger partial charge is 0.380 e. The molecule has 0 fully saturated rings. The van der Waals surface area contributed by atoms with E-state index in [2.05, 4.69) is 17.2 Å². The molecular weight excluding hydrogens is 280 g/mol. The minimum atomic E-state index is -3.12. The summed E-state index contributed by atoms with van der Waals surface area (Å²) in [6.45, 7) is 2.79. The molecule has 0 atom stereocenters. The van der Waals surface area contributed by atoms with E-state index in [0.717, 1.165) is 17.1 Å². The van der Waals surface area contributed by atoms with Gasteiger partial charge in [0.2, 0.25) is 0 Å². The Morgan fingerprint density at radius 3 is 2.47 bits per heavy atom. The minimum Gasteiger partial charge on any atom is -0.380 e. The monoisotopic (exact) mass is 296 g/mol. The van der Waals surface area contributed by atoms with Crippen molar-refractivity contribution < 1.29 is 8.42 Å². The lowest BCUT2D eigenvalue weighted by Crippen LogP contribution is -1.99. The van der Waals surface area contributed by atoms with E-state index in [0.29, 0.717) is 11.4 Å². The zero-order chi connectivity index (χ0) is 13.9. The number of nitrogens with one attached hydrogen (secondary N) is 1. The van der Waals surface area contributed by atoms with Gasteiger partial charge in [0.25, 0.3) is 0 Å². The molecule has 19 heavy (non-hydrogen) atoms. The van der Waals surface area contributed by atoms with E-state index in [1.165, 1.54) is 11.1 Å². The highest BCUT2D eigenvalue weighted by Gasteiger charge is 2.06. The van der Waals surface area contributed by atoms with Crippen LogP contribution in [0.5, 0.6) is 0 Å². The minimum absolute atomic E-state index is 0.337. The van der Waals surface area contributed by atoms with E-state index in [1.54, 1.807) is 35.6 Å². The van der Waals surface area contributed by atoms with Crippen LogP contribution in [0.25, 0.3) is 0 Å². The summed E-state index contributed by atoms with van der Waals surface area (Å²) in [5, 5.41) is 4.38. The molecule has 0 bridgehead atoms. The van der Waals surface area contributed by atoms with Crippen molar-refractivity contribution in [3.63, 3.8) is 0 Å². The maximum absolute atomic E-state index is 11.3. The molecule has 6 heteroatoms. The van der Waals surface area contributed by atoms with E-state index in [4.69, 9.17) is 0 Å². The third-order valence-electron chi connectivity index (χ3n) is 2.65. The molecule has 0 aliphatic rings. The number of anilines is 1. The average Bonchev–Trinajstić information content (AvgIpc) is 2.84. The Hall–Kier alpha value is -1.40. The van der Waals surface area contributed by atoms with Crippen molar-refractivity contribution in [2.24, 2.45) is 0 Å². The number of aryl methyl sites for hydroxylation is 1. The second-order valence-corrected chi connectivity index (χ2v) is 7.44. The van der Waals surface area contributed by atoms with Gasteiger partial charge >= 0.3 is 0 Å². The molecule has 2 rings (SSSR count). The molecule has 1 N–H and O–H groups in total. The zero-order valence-electron chi connectivity index (χ0n) is 10.9. The van der Waals surface area contributed by atoms with Crippen molar-refractivity contribution >= 4 is 26.9 Å². The Bertz CT molecular complexity index is 646. The van der Waals surface area contributed by atoms with Gasteiger partial charge in [-0.25, -0.2) is 13.4 Å². The molecule has 0 radical (unpaired) electrons. The highest BCUT2D eigenvalue weighted by Crippen LogP contribution is 2.17. The molecule has 0 aliphatic heterocycles. The van der Waals surface area contributed by atoms with Gasteiger partial charge in [0.15, 0.2) is 9.84 Å². The quantitative estimate of drug-likeness (QED) is 0.921. The molecule has 1 aromatic heterocycles. The van der Waals surface area contributed by atoms with Crippen LogP contribution in [0.2, 0.25) is 0 Å². The van der Waals surface area contributed by atoms with E-state index < -0.39 is 9.84 Å². The first-order chi connectivity index (χ1) is 8.99. The highest BCUT2D eigenvalue weighted by atomic mass is 32.2. The lowest BCUT2D eigenvalue weighted by atomic mass is 10.3. The third kappa shape index (κ3) is 3.78. The van der Waals surface area contributed by atoms with Gasteiger partial charge in [-0.3, -0.25) is 0 Å². The molecule has 0 amide bonds. The molecule has 0 spiro atoms. The van der Waals surface area contributed by atoms with Crippen molar-refractivity contribution in [2.75, 3.05) is 11.6 Å². The van der Waals surface area contributed by atoms with E-state index in [1.807, 2.05) is 6.20 Å². The Balaban J connectivity index is 2.00. The zero-order valence-corrected chi connectivity index (χ0v) is 12.5. The second kappa shape index (κ2) is 5.71. The van der Waals surface area contributed by atoms with Gasteiger partial charge in [-0.15, -0.1) is 11.3 Å². The molecule has 0 unspecified atom stereocenters. The molecule has 1 heterocycles. The summed E-state index contributed by atoms with van der Waals surface area (Å²) in [6, 6.07) is 6.78. The lowest BCUT2D eigenvalue weighted by Gasteiger charge is -2.05. The summed E-state index contributed by atoms with van der Waals surface area (Å²) in [6.07, 6.45) is 4.04. The number of hydrogen-bond acceptors (Lipinski definition) is 5. The van der Waals surface area contributed by atoms with Crippen LogP contribution in [0.15, 0.2) is 35.4 Å². The fraction of sp³-hybridized carbons (Fsp3) is 0.308. The normalized spacial score (nSPS) is 11.5. The molecule has 0 saturated heterocycles. The summed E-state index contributed by atoms with van der Waals surface area (Å²) >= 11 is 1.69. The number of hydrogen-bond donors (Lipinski definition) is 1. The Labute approximate surface area is 117 Å². The van der Waals surface area contributed by atoms with Crippen LogP contribution in [0.4, 0.5) is 5.69 Å². The van der Waals surface area contributed by atoms with Crippen LogP contribution >= 0.6 is 11.3 Å². The molecule has 4 nitrogen and oxygen atoms in total. The molecule has 2 aromatic rings. The lowest BCUT2D eigenvalue weighted by molar-refractivity contribution is 0.602. The first-order valence-corrected chi connectivity index (χ1v) is 8.67. The maximum atomic E-state index is 11.3. The molecule has 102 valence electrons. The van der Waals surface area contributed by atoms with E-state index in [-0.39, 0.29) is 0 Å². The maximum Gasteiger partial charge on any atom is 0.175 e. The Morgan fingerprint density at radius 1 is 1.26 bits per heavy atom. The van der Waals surface area contributed by atoms with Crippen LogP contribution < -0.4 is 5.32 Å². The molecule has 1 aromatic carbocycles. The number of aromatic nitrogens is 1. The van der Waals surface area contributed by atoms with Crippen LogP contribution in [0, 0.1) is 0 Å². The Morgan fingerprint density at radius 2 is 1.95 bits per heavy atom. The van der Waals surface area contributed by atoms with Crippen LogP contribution in [-0.4, -0.2) is 19.7 Å². The summed E-state index contributed by atoms with van der Waals surface area (Å²) in [4.78, 5) is 5.80. The number of nitrogens with zero attached hydrogens (tertiary/aromatic N) is 1. The summed E-state index contributed by atoms with van der Waals surface area (Å²) in [5.41, 5.74) is 0.902. The number of sulfone groups is 1. The fourth-order valence-electron chi connectivity index (χ4n) is 1.60. The standard InChI is InChI=1S/C13H16N2O2S2/c1-3-13-15-9-11(18-13)8-14-10-4-6-12(7-5-10)19(2,16)17/h4-7,9,14H,3,8H2,1-2H3. The van der Waals surface area contributed by atoms with Gasteiger partial charge < -0.3 is 5.32 Å². The van der Waals surface area contributed by atoms with Crippen molar-refractivity contribution in [1.82, 2.24) is 4.98 Å². The first kappa shape index (κ1) is 14.0. The van der Waals surface area contributed by atoms with Crippen molar-refractivity contribution in [2.45, 2.75) is 24.8 Å². The number of thiazole rings is 1. The van der Waals surface area contributed by atoms with Gasteiger partial charge in [-0.05, 0) is 30.7 Å². The summed E-state index contributed by atoms with van der Waals surface area (Å²) < 4.78 is 22.7. The predicted octanol–water partition coefficient (Wildman–Crippen LogP) is 2.72. The van der Waals surface area contributed by atoms with Gasteiger partial charge in [-0.1, -0.05) is 6.92 Å². The van der Waals surface area contributed by atoms with Gasteiger partial charge in [0.05, 0.1) is 16.4 Å². The summed E-state index contributed by atoms with van der Waals surface area (Å²) in [7, 11) is -3.12. The van der Waals surface area contributed by atoms with E-state index >= 15 is 0 Å². The van der Waals surface area contributed by atoms with Crippen molar-refractivity contribution in [3.05, 3.63) is 40.3 Å². The van der Waals surface area contributed by atoms with Crippen molar-refractivity contribution in [1.29, 1.82) is 0 Å². The highest BCUT2D eigenvalue weighted by molar-refractivity contribution is 7.90. The first-order valence-electron chi connectivity index (χ1n) is 5.96. The van der Waals surface area contributed by atoms with Gasteiger partial charge in [0, 0.05) is 23.0 Å². The average molecular weight is 296 g/mol. The number of benzene rings is 1. The fourth-order valence-corrected chi connectivity index (χ4v) is 3.03. The van der Waals surface area contributed by atoms with E-state index in [9.17, 15) is 8.42 Å². The number of rotatable bonds is 5. The van der Waals surface area contributed by atoms with Crippen molar-refractivity contribution in [3.8, 4) is 0 Å². The second-order valence-electron chi connectivity index (χ2n) is 4.22. The van der Waals surface area contributed by atoms with Crippen LogP contribution in [-0.2, 0) is 22.8 Å². The predicted molar refractivity (Wildman–Crippen MR) is 78.4 cm³/mol. The van der Waals surface area contributed by atoms with Gasteiger partial charge in [0.1, 0.15) is 0 Å². The molecule has 0 saturated carbocycles.